The van der Waals surface area contributed by atoms with Gasteiger partial charge in [0.1, 0.15) is 0 Å². The van der Waals surface area contributed by atoms with Crippen LogP contribution < -0.4 is 5.56 Å². The van der Waals surface area contributed by atoms with Crippen LogP contribution >= 0.6 is 0 Å². The van der Waals surface area contributed by atoms with Gasteiger partial charge >= 0.3 is 0 Å². The van der Waals surface area contributed by atoms with Gasteiger partial charge < -0.3 is 4.98 Å². The Bertz CT molecular complexity index is 551. The molecule has 0 saturated carbocycles. The molecule has 2 aromatic rings. The van der Waals surface area contributed by atoms with E-state index in [4.69, 9.17) is 0 Å². The first-order valence-electron chi connectivity index (χ1n) is 4.17. The molecule has 0 aliphatic rings. The second-order valence-electron chi connectivity index (χ2n) is 2.91. The van der Waals surface area contributed by atoms with Crippen LogP contribution in [0.25, 0.3) is 11.3 Å². The van der Waals surface area contributed by atoms with E-state index >= 15 is 0 Å². The van der Waals surface area contributed by atoms with E-state index in [1.165, 1.54) is 18.3 Å². The van der Waals surface area contributed by atoms with Crippen LogP contribution in [0.4, 0.5) is 8.78 Å². The molecule has 0 atom stereocenters. The molecule has 3 nitrogen and oxygen atoms in total. The maximum Gasteiger partial charge on any atom is 0.266 e. The van der Waals surface area contributed by atoms with E-state index in [2.05, 4.69) is 9.97 Å². The lowest BCUT2D eigenvalue weighted by Crippen LogP contribution is -2.06. The Hall–Kier alpha value is -2.04. The molecule has 1 aromatic carbocycles. The fraction of sp³-hybridized carbons (Fsp3) is 0. The van der Waals surface area contributed by atoms with Crippen LogP contribution in [0.15, 0.2) is 35.4 Å². The number of aromatic nitrogens is 2. The molecular formula is C10H6F2N2O. The summed E-state index contributed by atoms with van der Waals surface area (Å²) in [6.07, 6.45) is 2.32. The first-order valence-corrected chi connectivity index (χ1v) is 4.17. The van der Waals surface area contributed by atoms with Crippen molar-refractivity contribution in [2.75, 3.05) is 0 Å². The molecule has 1 aromatic heterocycles. The first-order chi connectivity index (χ1) is 7.18. The highest BCUT2D eigenvalue weighted by Crippen LogP contribution is 2.20. The minimum Gasteiger partial charge on any atom is -0.319 e. The largest absolute Gasteiger partial charge is 0.319 e. The van der Waals surface area contributed by atoms with Crippen LogP contribution in [0, 0.1) is 11.6 Å². The van der Waals surface area contributed by atoms with Crippen molar-refractivity contribution >= 4 is 0 Å². The number of H-pyrrole nitrogens is 1. The summed E-state index contributed by atoms with van der Waals surface area (Å²) >= 11 is 0. The molecule has 5 heteroatoms. The number of hydrogen-bond acceptors (Lipinski definition) is 2. The second kappa shape index (κ2) is 3.61. The Balaban J connectivity index is 2.64. The number of halogens is 2. The molecule has 0 saturated heterocycles. The average molecular weight is 208 g/mol. The van der Waals surface area contributed by atoms with Crippen molar-refractivity contribution in [2.45, 2.75) is 0 Å². The predicted octanol–water partition coefficient (Wildman–Crippen LogP) is 1.72. The number of nitrogens with one attached hydrogen (secondary N) is 1. The minimum atomic E-state index is -0.999. The van der Waals surface area contributed by atoms with E-state index in [1.54, 1.807) is 0 Å². The predicted molar refractivity (Wildman–Crippen MR) is 50.2 cm³/mol. The summed E-state index contributed by atoms with van der Waals surface area (Å²) in [5.74, 6) is -1.96. The summed E-state index contributed by atoms with van der Waals surface area (Å²) in [7, 11) is 0. The number of nitrogens with zero attached hydrogens (tertiary/aromatic N) is 1. The van der Waals surface area contributed by atoms with Gasteiger partial charge in [-0.25, -0.2) is 8.78 Å². The van der Waals surface area contributed by atoms with E-state index in [0.29, 0.717) is 0 Å². The third-order valence-electron chi connectivity index (χ3n) is 1.90. The summed E-state index contributed by atoms with van der Waals surface area (Å²) in [5.41, 5.74) is -0.323. The van der Waals surface area contributed by atoms with Gasteiger partial charge in [-0.2, -0.15) is 0 Å². The Morgan fingerprint density at radius 3 is 2.73 bits per heavy atom. The quantitative estimate of drug-likeness (QED) is 0.775. The molecule has 0 unspecified atom stereocenters. The van der Waals surface area contributed by atoms with Crippen LogP contribution in [0.5, 0.6) is 0 Å². The van der Waals surface area contributed by atoms with Gasteiger partial charge in [0.2, 0.25) is 0 Å². The Labute approximate surface area is 83.4 Å². The summed E-state index contributed by atoms with van der Waals surface area (Å²) in [6.45, 7) is 0. The monoisotopic (exact) mass is 208 g/mol. The average Bonchev–Trinajstić information content (AvgIpc) is 2.22. The van der Waals surface area contributed by atoms with Crippen molar-refractivity contribution in [1.29, 1.82) is 0 Å². The zero-order valence-corrected chi connectivity index (χ0v) is 7.50. The SMILES string of the molecule is O=c1cncc(-c2cccc(F)c2F)[nH]1. The lowest BCUT2D eigenvalue weighted by atomic mass is 10.1. The molecule has 0 aliphatic carbocycles. The number of benzene rings is 1. The molecule has 1 N–H and O–H groups in total. The van der Waals surface area contributed by atoms with Crippen molar-refractivity contribution in [1.82, 2.24) is 9.97 Å². The molecule has 0 fully saturated rings. The highest BCUT2D eigenvalue weighted by Gasteiger charge is 2.09. The zero-order chi connectivity index (χ0) is 10.8. The minimum absolute atomic E-state index is 0.0137. The molecule has 0 amide bonds. The van der Waals surface area contributed by atoms with Crippen molar-refractivity contribution in [3.05, 3.63) is 52.6 Å². The van der Waals surface area contributed by atoms with Crippen LogP contribution in [-0.4, -0.2) is 9.97 Å². The van der Waals surface area contributed by atoms with Crippen molar-refractivity contribution < 1.29 is 8.78 Å². The summed E-state index contributed by atoms with van der Waals surface area (Å²) < 4.78 is 26.2. The molecule has 0 spiro atoms. The molecule has 2 rings (SSSR count). The van der Waals surface area contributed by atoms with Gasteiger partial charge in [-0.1, -0.05) is 6.07 Å². The van der Waals surface area contributed by atoms with Crippen molar-refractivity contribution in [3.63, 3.8) is 0 Å². The fourth-order valence-electron chi connectivity index (χ4n) is 1.23. The van der Waals surface area contributed by atoms with Crippen LogP contribution in [0.1, 0.15) is 0 Å². The summed E-state index contributed by atoms with van der Waals surface area (Å²) in [4.78, 5) is 16.9. The zero-order valence-electron chi connectivity index (χ0n) is 7.50. The highest BCUT2D eigenvalue weighted by atomic mass is 19.2. The van der Waals surface area contributed by atoms with Gasteiger partial charge in [0.05, 0.1) is 18.1 Å². The van der Waals surface area contributed by atoms with E-state index < -0.39 is 17.2 Å². The van der Waals surface area contributed by atoms with E-state index in [9.17, 15) is 13.6 Å². The maximum absolute atomic E-state index is 13.3. The van der Waals surface area contributed by atoms with Gasteiger partial charge in [0.15, 0.2) is 11.6 Å². The lowest BCUT2D eigenvalue weighted by Gasteiger charge is -2.02. The van der Waals surface area contributed by atoms with Gasteiger partial charge in [0, 0.05) is 5.56 Å². The lowest BCUT2D eigenvalue weighted by molar-refractivity contribution is 0.511. The Morgan fingerprint density at radius 2 is 2.00 bits per heavy atom. The Kier molecular flexibility index (Phi) is 2.29. The van der Waals surface area contributed by atoms with Gasteiger partial charge in [0.25, 0.3) is 5.56 Å². The van der Waals surface area contributed by atoms with Gasteiger partial charge in [-0.15, -0.1) is 0 Å². The van der Waals surface area contributed by atoms with E-state index in [1.807, 2.05) is 0 Å². The third-order valence-corrected chi connectivity index (χ3v) is 1.90. The smallest absolute Gasteiger partial charge is 0.266 e. The third kappa shape index (κ3) is 1.76. The second-order valence-corrected chi connectivity index (χ2v) is 2.91. The molecular weight excluding hydrogens is 202 g/mol. The maximum atomic E-state index is 13.3. The fourth-order valence-corrected chi connectivity index (χ4v) is 1.23. The van der Waals surface area contributed by atoms with Crippen LogP contribution in [0.2, 0.25) is 0 Å². The first kappa shape index (κ1) is 9.51. The number of hydrogen-bond donors (Lipinski definition) is 1. The topological polar surface area (TPSA) is 45.8 Å². The highest BCUT2D eigenvalue weighted by molar-refractivity contribution is 5.58. The molecule has 1 heterocycles. The molecule has 0 aliphatic heterocycles. The van der Waals surface area contributed by atoms with Crippen molar-refractivity contribution in [2.24, 2.45) is 0 Å². The number of rotatable bonds is 1. The molecule has 15 heavy (non-hydrogen) atoms. The standard InChI is InChI=1S/C10H6F2N2O/c11-7-3-1-2-6(10(7)12)8-4-13-5-9(15)14-8/h1-5H,(H,14,15). The summed E-state index contributed by atoms with van der Waals surface area (Å²) in [6, 6.07) is 3.73. The summed E-state index contributed by atoms with van der Waals surface area (Å²) in [5, 5.41) is 0. The molecule has 76 valence electrons. The van der Waals surface area contributed by atoms with Crippen molar-refractivity contribution in [3.8, 4) is 11.3 Å². The normalized spacial score (nSPS) is 10.3. The van der Waals surface area contributed by atoms with Crippen LogP contribution in [-0.2, 0) is 0 Å². The van der Waals surface area contributed by atoms with Gasteiger partial charge in [-0.05, 0) is 12.1 Å². The van der Waals surface area contributed by atoms with E-state index in [-0.39, 0.29) is 11.3 Å². The van der Waals surface area contributed by atoms with Crippen LogP contribution in [0.3, 0.4) is 0 Å². The van der Waals surface area contributed by atoms with E-state index in [0.717, 1.165) is 12.3 Å². The molecule has 0 radical (unpaired) electrons. The van der Waals surface area contributed by atoms with Gasteiger partial charge in [-0.3, -0.25) is 9.78 Å². The Morgan fingerprint density at radius 1 is 1.20 bits per heavy atom. The number of aromatic amines is 1. The molecule has 0 bridgehead atoms.